The molecule has 122 valence electrons. The van der Waals surface area contributed by atoms with Crippen LogP contribution in [0.5, 0.6) is 5.75 Å². The monoisotopic (exact) mass is 312 g/mol. The Kier molecular flexibility index (Phi) is 4.76. The van der Waals surface area contributed by atoms with Crippen LogP contribution in [0.3, 0.4) is 0 Å². The molecule has 0 spiro atoms. The lowest BCUT2D eigenvalue weighted by Crippen LogP contribution is -2.24. The molecule has 0 bridgehead atoms. The number of rotatable bonds is 5. The number of aromatic nitrogens is 2. The van der Waals surface area contributed by atoms with E-state index >= 15 is 0 Å². The molecule has 1 fully saturated rings. The summed E-state index contributed by atoms with van der Waals surface area (Å²) in [6, 6.07) is 10.1. The zero-order chi connectivity index (χ0) is 16.2. The average molecular weight is 312 g/mol. The number of nitrogens with two attached hydrogens (primary N) is 1. The van der Waals surface area contributed by atoms with Crippen LogP contribution in [0.15, 0.2) is 30.3 Å². The van der Waals surface area contributed by atoms with Crippen LogP contribution < -0.4 is 15.4 Å². The Labute approximate surface area is 137 Å². The first-order valence-electron chi connectivity index (χ1n) is 8.13. The molecule has 1 aromatic carbocycles. The fourth-order valence-corrected chi connectivity index (χ4v) is 2.94. The second kappa shape index (κ2) is 6.96. The van der Waals surface area contributed by atoms with Gasteiger partial charge in [-0.1, -0.05) is 18.2 Å². The zero-order valence-electron chi connectivity index (χ0n) is 13.8. The van der Waals surface area contributed by atoms with Crippen LogP contribution in [0.25, 0.3) is 0 Å². The fraction of sp³-hybridized carbons (Fsp3) is 0.444. The SMILES string of the molecule is Cc1cc(CN)nc(N2CCC(COc3ccccc3C)C2)n1. The van der Waals surface area contributed by atoms with E-state index in [4.69, 9.17) is 10.5 Å². The van der Waals surface area contributed by atoms with Crippen molar-refractivity contribution in [2.75, 3.05) is 24.6 Å². The summed E-state index contributed by atoms with van der Waals surface area (Å²) < 4.78 is 5.99. The van der Waals surface area contributed by atoms with Crippen LogP contribution in [-0.4, -0.2) is 29.7 Å². The highest BCUT2D eigenvalue weighted by Gasteiger charge is 2.25. The zero-order valence-corrected chi connectivity index (χ0v) is 13.8. The van der Waals surface area contributed by atoms with Gasteiger partial charge in [0.05, 0.1) is 12.3 Å². The summed E-state index contributed by atoms with van der Waals surface area (Å²) in [4.78, 5) is 11.3. The molecule has 3 rings (SSSR count). The molecule has 1 aliphatic heterocycles. The Morgan fingerprint density at radius 2 is 2.09 bits per heavy atom. The van der Waals surface area contributed by atoms with E-state index in [1.165, 1.54) is 5.56 Å². The van der Waals surface area contributed by atoms with Gasteiger partial charge in [-0.05, 0) is 38.0 Å². The van der Waals surface area contributed by atoms with Crippen molar-refractivity contribution in [1.29, 1.82) is 0 Å². The van der Waals surface area contributed by atoms with E-state index in [1.54, 1.807) is 0 Å². The molecule has 2 aromatic rings. The molecular formula is C18H24N4O. The van der Waals surface area contributed by atoms with Crippen LogP contribution in [0.2, 0.25) is 0 Å². The third kappa shape index (κ3) is 3.79. The molecular weight excluding hydrogens is 288 g/mol. The fourth-order valence-electron chi connectivity index (χ4n) is 2.94. The summed E-state index contributed by atoms with van der Waals surface area (Å²) in [6.07, 6.45) is 1.10. The maximum atomic E-state index is 5.99. The van der Waals surface area contributed by atoms with Gasteiger partial charge in [0.25, 0.3) is 0 Å². The highest BCUT2D eigenvalue weighted by Crippen LogP contribution is 2.23. The molecule has 2 N–H and O–H groups in total. The van der Waals surface area contributed by atoms with E-state index in [2.05, 4.69) is 27.9 Å². The lowest BCUT2D eigenvalue weighted by Gasteiger charge is -2.18. The summed E-state index contributed by atoms with van der Waals surface area (Å²) in [5.41, 5.74) is 8.75. The van der Waals surface area contributed by atoms with Crippen LogP contribution >= 0.6 is 0 Å². The van der Waals surface area contributed by atoms with Crippen molar-refractivity contribution in [3.8, 4) is 5.75 Å². The predicted octanol–water partition coefficient (Wildman–Crippen LogP) is 2.46. The third-order valence-corrected chi connectivity index (χ3v) is 4.24. The van der Waals surface area contributed by atoms with Gasteiger partial charge in [-0.25, -0.2) is 9.97 Å². The summed E-state index contributed by atoms with van der Waals surface area (Å²) >= 11 is 0. The molecule has 1 saturated heterocycles. The summed E-state index contributed by atoms with van der Waals surface area (Å²) in [5, 5.41) is 0. The van der Waals surface area contributed by atoms with Crippen molar-refractivity contribution in [3.05, 3.63) is 47.3 Å². The van der Waals surface area contributed by atoms with E-state index in [0.717, 1.165) is 49.2 Å². The smallest absolute Gasteiger partial charge is 0.225 e. The van der Waals surface area contributed by atoms with Crippen LogP contribution in [-0.2, 0) is 6.54 Å². The first-order valence-corrected chi connectivity index (χ1v) is 8.13. The molecule has 0 saturated carbocycles. The quantitative estimate of drug-likeness (QED) is 0.919. The molecule has 1 unspecified atom stereocenters. The summed E-state index contributed by atoms with van der Waals surface area (Å²) in [7, 11) is 0. The number of para-hydroxylation sites is 1. The summed E-state index contributed by atoms with van der Waals surface area (Å²) in [5.74, 6) is 2.27. The van der Waals surface area contributed by atoms with E-state index in [1.807, 2.05) is 31.2 Å². The van der Waals surface area contributed by atoms with Gasteiger partial charge in [0.2, 0.25) is 5.95 Å². The molecule has 23 heavy (non-hydrogen) atoms. The van der Waals surface area contributed by atoms with Gasteiger partial charge in [0.1, 0.15) is 5.75 Å². The number of nitrogens with zero attached hydrogens (tertiary/aromatic N) is 3. The van der Waals surface area contributed by atoms with Crippen molar-refractivity contribution in [2.45, 2.75) is 26.8 Å². The van der Waals surface area contributed by atoms with E-state index in [9.17, 15) is 0 Å². The van der Waals surface area contributed by atoms with Crippen molar-refractivity contribution in [2.24, 2.45) is 11.7 Å². The Hall–Kier alpha value is -2.14. The second-order valence-electron chi connectivity index (χ2n) is 6.18. The molecule has 0 amide bonds. The second-order valence-corrected chi connectivity index (χ2v) is 6.18. The maximum Gasteiger partial charge on any atom is 0.225 e. The molecule has 1 atom stereocenters. The van der Waals surface area contributed by atoms with Crippen molar-refractivity contribution < 1.29 is 4.74 Å². The van der Waals surface area contributed by atoms with Crippen molar-refractivity contribution in [1.82, 2.24) is 9.97 Å². The highest BCUT2D eigenvalue weighted by molar-refractivity contribution is 5.34. The average Bonchev–Trinajstić information content (AvgIpc) is 3.02. The Balaban J connectivity index is 1.60. The van der Waals surface area contributed by atoms with Gasteiger partial charge in [0, 0.05) is 31.2 Å². The number of anilines is 1. The Morgan fingerprint density at radius 3 is 2.87 bits per heavy atom. The minimum Gasteiger partial charge on any atom is -0.493 e. The standard InChI is InChI=1S/C18H24N4O/c1-13-5-3-4-6-17(13)23-12-15-7-8-22(11-15)18-20-14(2)9-16(10-19)21-18/h3-6,9,15H,7-8,10-12,19H2,1-2H3. The van der Waals surface area contributed by atoms with Gasteiger partial charge >= 0.3 is 0 Å². The third-order valence-electron chi connectivity index (χ3n) is 4.24. The van der Waals surface area contributed by atoms with Gasteiger partial charge in [0.15, 0.2) is 0 Å². The molecule has 0 aliphatic carbocycles. The van der Waals surface area contributed by atoms with Crippen molar-refractivity contribution in [3.63, 3.8) is 0 Å². The normalized spacial score (nSPS) is 17.5. The maximum absolute atomic E-state index is 5.99. The van der Waals surface area contributed by atoms with Crippen molar-refractivity contribution >= 4 is 5.95 Å². The molecule has 1 aliphatic rings. The first-order chi connectivity index (χ1) is 11.2. The topological polar surface area (TPSA) is 64.3 Å². The van der Waals surface area contributed by atoms with E-state index in [0.29, 0.717) is 12.5 Å². The van der Waals surface area contributed by atoms with E-state index in [-0.39, 0.29) is 0 Å². The Bertz CT molecular complexity index is 674. The van der Waals surface area contributed by atoms with Gasteiger partial charge in [-0.15, -0.1) is 0 Å². The number of aryl methyl sites for hydroxylation is 2. The summed E-state index contributed by atoms with van der Waals surface area (Å²) in [6.45, 7) is 7.14. The lowest BCUT2D eigenvalue weighted by atomic mass is 10.1. The highest BCUT2D eigenvalue weighted by atomic mass is 16.5. The number of benzene rings is 1. The van der Waals surface area contributed by atoms with Gasteiger partial charge in [-0.3, -0.25) is 0 Å². The van der Waals surface area contributed by atoms with Crippen LogP contribution in [0, 0.1) is 19.8 Å². The predicted molar refractivity (Wildman–Crippen MR) is 91.7 cm³/mol. The minimum absolute atomic E-state index is 0.448. The largest absolute Gasteiger partial charge is 0.493 e. The van der Waals surface area contributed by atoms with Gasteiger partial charge in [-0.2, -0.15) is 0 Å². The number of hydrogen-bond donors (Lipinski definition) is 1. The lowest BCUT2D eigenvalue weighted by molar-refractivity contribution is 0.259. The molecule has 0 radical (unpaired) electrons. The van der Waals surface area contributed by atoms with Crippen LogP contribution in [0.4, 0.5) is 5.95 Å². The van der Waals surface area contributed by atoms with Gasteiger partial charge < -0.3 is 15.4 Å². The first kappa shape index (κ1) is 15.7. The number of hydrogen-bond acceptors (Lipinski definition) is 5. The molecule has 2 heterocycles. The number of ether oxygens (including phenoxy) is 1. The van der Waals surface area contributed by atoms with E-state index < -0.39 is 0 Å². The minimum atomic E-state index is 0.448. The molecule has 5 nitrogen and oxygen atoms in total. The van der Waals surface area contributed by atoms with Crippen LogP contribution in [0.1, 0.15) is 23.4 Å². The Morgan fingerprint density at radius 1 is 1.26 bits per heavy atom. The molecule has 1 aromatic heterocycles. The molecule has 5 heteroatoms.